The van der Waals surface area contributed by atoms with Crippen LogP contribution < -0.4 is 17.0 Å². The Labute approximate surface area is 132 Å². The van der Waals surface area contributed by atoms with Crippen molar-refractivity contribution in [3.05, 3.63) is 35.3 Å². The monoisotopic (exact) mass is 311 g/mol. The van der Waals surface area contributed by atoms with Crippen LogP contribution in [0.3, 0.4) is 0 Å². The van der Waals surface area contributed by atoms with E-state index in [2.05, 4.69) is 22.5 Å². The van der Waals surface area contributed by atoms with Gasteiger partial charge >= 0.3 is 0 Å². The van der Waals surface area contributed by atoms with E-state index >= 15 is 0 Å². The highest BCUT2D eigenvalue weighted by Gasteiger charge is 2.21. The van der Waals surface area contributed by atoms with Gasteiger partial charge in [0.05, 0.1) is 11.4 Å². The van der Waals surface area contributed by atoms with Crippen LogP contribution in [0.1, 0.15) is 30.1 Å². The van der Waals surface area contributed by atoms with Crippen LogP contribution >= 0.6 is 11.3 Å². The second kappa shape index (κ2) is 5.23. The highest BCUT2D eigenvalue weighted by molar-refractivity contribution is 7.18. The standard InChI is InChI=1S/C16H17N5S/c17-12-6-11(8-19-15(12)21-18)13-5-4-10-7-14(9-2-1-3-9)22-16(10)20-13/h4-9H,1-3,17-18H2,(H,19,21). The molecule has 5 nitrogen and oxygen atoms in total. The number of aromatic nitrogens is 2. The molecule has 1 aliphatic carbocycles. The average Bonchev–Trinajstić information content (AvgIpc) is 2.87. The molecular weight excluding hydrogens is 294 g/mol. The molecule has 0 atom stereocenters. The van der Waals surface area contributed by atoms with Crippen molar-refractivity contribution in [2.24, 2.45) is 5.84 Å². The molecule has 3 aromatic heterocycles. The molecule has 0 bridgehead atoms. The van der Waals surface area contributed by atoms with Gasteiger partial charge in [-0.2, -0.15) is 0 Å². The summed E-state index contributed by atoms with van der Waals surface area (Å²) >= 11 is 1.81. The highest BCUT2D eigenvalue weighted by atomic mass is 32.1. The molecule has 0 spiro atoms. The molecule has 6 heteroatoms. The Hall–Kier alpha value is -2.18. The second-order valence-corrected chi connectivity index (χ2v) is 6.74. The first-order valence-corrected chi connectivity index (χ1v) is 8.19. The smallest absolute Gasteiger partial charge is 0.163 e. The number of pyridine rings is 2. The molecule has 5 N–H and O–H groups in total. The average molecular weight is 311 g/mol. The van der Waals surface area contributed by atoms with Gasteiger partial charge in [-0.15, -0.1) is 11.3 Å². The van der Waals surface area contributed by atoms with E-state index in [0.717, 1.165) is 22.0 Å². The minimum absolute atomic E-state index is 0.480. The molecular formula is C16H17N5S. The lowest BCUT2D eigenvalue weighted by atomic mass is 9.84. The fourth-order valence-corrected chi connectivity index (χ4v) is 3.93. The Morgan fingerprint density at radius 2 is 2.09 bits per heavy atom. The highest BCUT2D eigenvalue weighted by Crippen LogP contribution is 2.41. The molecule has 0 aliphatic heterocycles. The predicted molar refractivity (Wildman–Crippen MR) is 91.7 cm³/mol. The van der Waals surface area contributed by atoms with Gasteiger partial charge in [0.2, 0.25) is 0 Å². The minimum Gasteiger partial charge on any atom is -0.396 e. The summed E-state index contributed by atoms with van der Waals surface area (Å²) in [5.41, 5.74) is 10.7. The van der Waals surface area contributed by atoms with Crippen LogP contribution in [0.2, 0.25) is 0 Å². The maximum absolute atomic E-state index is 5.92. The number of thiophene rings is 1. The van der Waals surface area contributed by atoms with Crippen molar-refractivity contribution in [2.75, 3.05) is 11.2 Å². The maximum Gasteiger partial charge on any atom is 0.163 e. The van der Waals surface area contributed by atoms with Gasteiger partial charge in [-0.25, -0.2) is 15.8 Å². The van der Waals surface area contributed by atoms with Gasteiger partial charge in [-0.05, 0) is 43.0 Å². The largest absolute Gasteiger partial charge is 0.396 e. The van der Waals surface area contributed by atoms with E-state index in [-0.39, 0.29) is 0 Å². The second-order valence-electron chi connectivity index (χ2n) is 5.67. The van der Waals surface area contributed by atoms with Gasteiger partial charge in [-0.1, -0.05) is 6.42 Å². The van der Waals surface area contributed by atoms with Gasteiger partial charge in [0.25, 0.3) is 0 Å². The van der Waals surface area contributed by atoms with Crippen molar-refractivity contribution >= 4 is 33.1 Å². The molecule has 0 aromatic carbocycles. The van der Waals surface area contributed by atoms with Crippen LogP contribution in [-0.4, -0.2) is 9.97 Å². The third kappa shape index (κ3) is 2.20. The van der Waals surface area contributed by atoms with Crippen LogP contribution in [-0.2, 0) is 0 Å². The van der Waals surface area contributed by atoms with E-state index in [1.54, 1.807) is 17.5 Å². The van der Waals surface area contributed by atoms with Crippen LogP contribution in [0, 0.1) is 0 Å². The molecule has 4 rings (SSSR count). The van der Waals surface area contributed by atoms with Crippen LogP contribution in [0.25, 0.3) is 21.5 Å². The number of nitrogen functional groups attached to an aromatic ring is 2. The fraction of sp³-hybridized carbons (Fsp3) is 0.250. The number of hydrogen-bond acceptors (Lipinski definition) is 6. The van der Waals surface area contributed by atoms with Crippen molar-refractivity contribution in [3.8, 4) is 11.3 Å². The Balaban J connectivity index is 1.73. The number of rotatable bonds is 3. The first-order chi connectivity index (χ1) is 10.7. The quantitative estimate of drug-likeness (QED) is 0.509. The lowest BCUT2D eigenvalue weighted by Gasteiger charge is -2.23. The third-order valence-electron chi connectivity index (χ3n) is 4.26. The normalized spacial score (nSPS) is 15.0. The summed E-state index contributed by atoms with van der Waals surface area (Å²) in [6.45, 7) is 0. The van der Waals surface area contributed by atoms with Gasteiger partial charge in [0, 0.05) is 22.0 Å². The zero-order valence-corrected chi connectivity index (χ0v) is 12.9. The zero-order valence-electron chi connectivity index (χ0n) is 12.0. The molecule has 0 radical (unpaired) electrons. The summed E-state index contributed by atoms with van der Waals surface area (Å²) in [5, 5.41) is 1.22. The van der Waals surface area contributed by atoms with Gasteiger partial charge in [0.15, 0.2) is 5.82 Å². The van der Waals surface area contributed by atoms with E-state index in [9.17, 15) is 0 Å². The lowest BCUT2D eigenvalue weighted by molar-refractivity contribution is 0.426. The molecule has 1 fully saturated rings. The van der Waals surface area contributed by atoms with Crippen molar-refractivity contribution in [2.45, 2.75) is 25.2 Å². The van der Waals surface area contributed by atoms with E-state index < -0.39 is 0 Å². The van der Waals surface area contributed by atoms with Gasteiger partial charge in [0.1, 0.15) is 4.83 Å². The molecule has 22 heavy (non-hydrogen) atoms. The summed E-state index contributed by atoms with van der Waals surface area (Å²) in [4.78, 5) is 11.5. The number of fused-ring (bicyclic) bond motifs is 1. The van der Waals surface area contributed by atoms with E-state index in [1.165, 1.54) is 29.5 Å². The van der Waals surface area contributed by atoms with Crippen LogP contribution in [0.4, 0.5) is 11.5 Å². The number of hydrogen-bond donors (Lipinski definition) is 3. The Kier molecular flexibility index (Phi) is 3.20. The van der Waals surface area contributed by atoms with Crippen molar-refractivity contribution < 1.29 is 0 Å². The summed E-state index contributed by atoms with van der Waals surface area (Å²) < 4.78 is 0. The van der Waals surface area contributed by atoms with E-state index in [1.807, 2.05) is 12.1 Å². The van der Waals surface area contributed by atoms with Crippen LogP contribution in [0.15, 0.2) is 30.5 Å². The number of nitrogens with zero attached hydrogens (tertiary/aromatic N) is 2. The molecule has 0 amide bonds. The minimum atomic E-state index is 0.480. The van der Waals surface area contributed by atoms with Gasteiger partial charge < -0.3 is 11.2 Å². The molecule has 112 valence electrons. The summed E-state index contributed by atoms with van der Waals surface area (Å²) in [5.74, 6) is 6.58. The Morgan fingerprint density at radius 1 is 1.23 bits per heavy atom. The molecule has 3 aromatic rings. The lowest BCUT2D eigenvalue weighted by Crippen LogP contribution is -2.10. The SMILES string of the molecule is NNc1ncc(-c2ccc3cc(C4CCC4)sc3n2)cc1N. The third-order valence-corrected chi connectivity index (χ3v) is 5.47. The molecule has 0 unspecified atom stereocenters. The zero-order chi connectivity index (χ0) is 15.1. The molecule has 0 saturated heterocycles. The predicted octanol–water partition coefficient (Wildman–Crippen LogP) is 3.49. The maximum atomic E-state index is 5.92. The van der Waals surface area contributed by atoms with Crippen molar-refractivity contribution in [3.63, 3.8) is 0 Å². The summed E-state index contributed by atoms with van der Waals surface area (Å²) in [6, 6.07) is 8.28. The first kappa shape index (κ1) is 13.5. The number of nitrogens with one attached hydrogen (secondary N) is 1. The Morgan fingerprint density at radius 3 is 2.77 bits per heavy atom. The van der Waals surface area contributed by atoms with Gasteiger partial charge in [-0.3, -0.25) is 0 Å². The number of anilines is 2. The topological polar surface area (TPSA) is 89.8 Å². The van der Waals surface area contributed by atoms with Crippen LogP contribution in [0.5, 0.6) is 0 Å². The van der Waals surface area contributed by atoms with E-state index in [4.69, 9.17) is 16.6 Å². The van der Waals surface area contributed by atoms with E-state index in [0.29, 0.717) is 11.5 Å². The fourth-order valence-electron chi connectivity index (χ4n) is 2.73. The summed E-state index contributed by atoms with van der Waals surface area (Å²) in [7, 11) is 0. The number of hydrazine groups is 1. The molecule has 1 aliphatic rings. The first-order valence-electron chi connectivity index (χ1n) is 7.37. The number of nitrogens with two attached hydrogens (primary N) is 2. The van der Waals surface area contributed by atoms with Crippen molar-refractivity contribution in [1.82, 2.24) is 9.97 Å². The van der Waals surface area contributed by atoms with Crippen molar-refractivity contribution in [1.29, 1.82) is 0 Å². The molecule has 3 heterocycles. The molecule has 1 saturated carbocycles. The summed E-state index contributed by atoms with van der Waals surface area (Å²) in [6.07, 6.45) is 5.71. The Bertz CT molecular complexity index is 838.